The molecule has 2 N–H and O–H groups in total. The van der Waals surface area contributed by atoms with E-state index in [1.165, 1.54) is 19.3 Å². The number of aliphatic hydroxyl groups excluding tert-OH is 1. The predicted molar refractivity (Wildman–Crippen MR) is 63.2 cm³/mol. The van der Waals surface area contributed by atoms with Crippen molar-refractivity contribution in [3.05, 3.63) is 18.2 Å². The Labute approximate surface area is 101 Å². The lowest BCUT2D eigenvalue weighted by molar-refractivity contribution is -0.122. The molecule has 1 saturated carbocycles. The molecule has 0 spiro atoms. The van der Waals surface area contributed by atoms with E-state index in [9.17, 15) is 4.79 Å². The van der Waals surface area contributed by atoms with Crippen molar-refractivity contribution in [1.29, 1.82) is 0 Å². The van der Waals surface area contributed by atoms with Gasteiger partial charge in [0.2, 0.25) is 5.91 Å². The Morgan fingerprint density at radius 3 is 2.94 bits per heavy atom. The highest BCUT2D eigenvalue weighted by molar-refractivity contribution is 5.76. The Balaban J connectivity index is 1.84. The molecule has 1 aromatic heterocycles. The fourth-order valence-corrected chi connectivity index (χ4v) is 2.31. The number of imidazole rings is 1. The van der Waals surface area contributed by atoms with Crippen LogP contribution < -0.4 is 5.32 Å². The van der Waals surface area contributed by atoms with Crippen LogP contribution in [0.5, 0.6) is 0 Å². The lowest BCUT2D eigenvalue weighted by Crippen LogP contribution is -2.38. The maximum absolute atomic E-state index is 11.8. The number of nitrogens with zero attached hydrogens (tertiary/aromatic N) is 2. The van der Waals surface area contributed by atoms with Crippen molar-refractivity contribution in [2.24, 2.45) is 0 Å². The second-order valence-electron chi connectivity index (χ2n) is 4.53. The maximum atomic E-state index is 11.8. The van der Waals surface area contributed by atoms with Crippen LogP contribution in [0.2, 0.25) is 0 Å². The van der Waals surface area contributed by atoms with Gasteiger partial charge in [-0.1, -0.05) is 19.3 Å². The summed E-state index contributed by atoms with van der Waals surface area (Å²) in [5.74, 6) is 0.536. The zero-order valence-electron chi connectivity index (χ0n) is 9.93. The number of hydrogen-bond acceptors (Lipinski definition) is 3. The molecular formula is C12H19N3O2. The minimum Gasteiger partial charge on any atom is -0.388 e. The molecule has 94 valence electrons. The van der Waals surface area contributed by atoms with Gasteiger partial charge in [-0.25, -0.2) is 4.98 Å². The first-order valence-corrected chi connectivity index (χ1v) is 6.20. The lowest BCUT2D eigenvalue weighted by atomic mass is 9.95. The lowest BCUT2D eigenvalue weighted by Gasteiger charge is -2.22. The average Bonchev–Trinajstić information content (AvgIpc) is 2.77. The molecule has 0 bridgehead atoms. The highest BCUT2D eigenvalue weighted by Crippen LogP contribution is 2.17. The number of rotatable bonds is 4. The number of hydrogen-bond donors (Lipinski definition) is 2. The summed E-state index contributed by atoms with van der Waals surface area (Å²) in [4.78, 5) is 15.8. The number of aliphatic hydroxyl groups is 1. The van der Waals surface area contributed by atoms with E-state index in [4.69, 9.17) is 5.11 Å². The molecule has 17 heavy (non-hydrogen) atoms. The molecule has 2 rings (SSSR count). The van der Waals surface area contributed by atoms with Crippen molar-refractivity contribution in [2.75, 3.05) is 0 Å². The van der Waals surface area contributed by atoms with Crippen LogP contribution >= 0.6 is 0 Å². The van der Waals surface area contributed by atoms with Crippen LogP contribution in [0.1, 0.15) is 37.9 Å². The monoisotopic (exact) mass is 237 g/mol. The van der Waals surface area contributed by atoms with Gasteiger partial charge >= 0.3 is 0 Å². The van der Waals surface area contributed by atoms with E-state index >= 15 is 0 Å². The van der Waals surface area contributed by atoms with Gasteiger partial charge in [0, 0.05) is 18.4 Å². The number of carbonyl (C=O) groups is 1. The van der Waals surface area contributed by atoms with Crippen LogP contribution in [0.15, 0.2) is 12.4 Å². The van der Waals surface area contributed by atoms with Gasteiger partial charge in [0.25, 0.3) is 0 Å². The van der Waals surface area contributed by atoms with Crippen molar-refractivity contribution in [2.45, 2.75) is 51.3 Å². The van der Waals surface area contributed by atoms with Crippen LogP contribution in [0.3, 0.4) is 0 Å². The van der Waals surface area contributed by atoms with Gasteiger partial charge in [-0.2, -0.15) is 0 Å². The van der Waals surface area contributed by atoms with Crippen LogP contribution in [-0.2, 0) is 17.9 Å². The summed E-state index contributed by atoms with van der Waals surface area (Å²) >= 11 is 0. The summed E-state index contributed by atoms with van der Waals surface area (Å²) in [7, 11) is 0. The van der Waals surface area contributed by atoms with E-state index in [1.807, 2.05) is 0 Å². The Morgan fingerprint density at radius 1 is 1.47 bits per heavy atom. The molecule has 0 aromatic carbocycles. The van der Waals surface area contributed by atoms with Gasteiger partial charge < -0.3 is 15.0 Å². The first kappa shape index (κ1) is 12.1. The molecular weight excluding hydrogens is 218 g/mol. The fourth-order valence-electron chi connectivity index (χ4n) is 2.31. The van der Waals surface area contributed by atoms with Crippen LogP contribution in [0.4, 0.5) is 0 Å². The third-order valence-electron chi connectivity index (χ3n) is 3.23. The minimum atomic E-state index is -0.135. The SMILES string of the molecule is O=C(Cn1ccnc1CO)NC1CCCCC1. The molecule has 1 aromatic rings. The molecule has 0 atom stereocenters. The van der Waals surface area contributed by atoms with E-state index in [-0.39, 0.29) is 19.1 Å². The number of nitrogens with one attached hydrogen (secondary N) is 1. The maximum Gasteiger partial charge on any atom is 0.240 e. The summed E-state index contributed by atoms with van der Waals surface area (Å²) in [5.41, 5.74) is 0. The van der Waals surface area contributed by atoms with Crippen molar-refractivity contribution < 1.29 is 9.90 Å². The highest BCUT2D eigenvalue weighted by Gasteiger charge is 2.16. The topological polar surface area (TPSA) is 67.2 Å². The average molecular weight is 237 g/mol. The molecule has 1 heterocycles. The summed E-state index contributed by atoms with van der Waals surface area (Å²) < 4.78 is 1.68. The molecule has 0 aliphatic heterocycles. The number of carbonyl (C=O) groups excluding carboxylic acids is 1. The van der Waals surface area contributed by atoms with Gasteiger partial charge in [0.05, 0.1) is 0 Å². The van der Waals surface area contributed by atoms with E-state index in [1.54, 1.807) is 17.0 Å². The van der Waals surface area contributed by atoms with Gasteiger partial charge in [-0.15, -0.1) is 0 Å². The van der Waals surface area contributed by atoms with E-state index < -0.39 is 0 Å². The predicted octanol–water partition coefficient (Wildman–Crippen LogP) is 0.824. The molecule has 1 aliphatic carbocycles. The van der Waals surface area contributed by atoms with Crippen molar-refractivity contribution in [3.8, 4) is 0 Å². The van der Waals surface area contributed by atoms with Crippen LogP contribution in [-0.4, -0.2) is 26.6 Å². The summed E-state index contributed by atoms with van der Waals surface area (Å²) in [6.07, 6.45) is 9.18. The van der Waals surface area contributed by atoms with E-state index in [0.29, 0.717) is 11.9 Å². The van der Waals surface area contributed by atoms with Crippen molar-refractivity contribution in [1.82, 2.24) is 14.9 Å². The molecule has 0 saturated heterocycles. The second kappa shape index (κ2) is 5.82. The molecule has 0 unspecified atom stereocenters. The molecule has 1 fully saturated rings. The largest absolute Gasteiger partial charge is 0.388 e. The Morgan fingerprint density at radius 2 is 2.24 bits per heavy atom. The molecule has 1 amide bonds. The smallest absolute Gasteiger partial charge is 0.240 e. The van der Waals surface area contributed by atoms with Crippen molar-refractivity contribution >= 4 is 5.91 Å². The molecule has 5 nitrogen and oxygen atoms in total. The van der Waals surface area contributed by atoms with E-state index in [0.717, 1.165) is 12.8 Å². The summed E-state index contributed by atoms with van der Waals surface area (Å²) in [5, 5.41) is 12.1. The van der Waals surface area contributed by atoms with Gasteiger partial charge in [0.1, 0.15) is 19.0 Å². The summed E-state index contributed by atoms with van der Waals surface area (Å²) in [6, 6.07) is 0.331. The zero-order chi connectivity index (χ0) is 12.1. The molecule has 0 radical (unpaired) electrons. The summed E-state index contributed by atoms with van der Waals surface area (Å²) in [6.45, 7) is 0.107. The minimum absolute atomic E-state index is 0.00426. The number of amides is 1. The molecule has 5 heteroatoms. The van der Waals surface area contributed by atoms with Gasteiger partial charge in [0.15, 0.2) is 0 Å². The second-order valence-corrected chi connectivity index (χ2v) is 4.53. The standard InChI is InChI=1S/C12H19N3O2/c16-9-11-13-6-7-15(11)8-12(17)14-10-4-2-1-3-5-10/h6-7,10,16H,1-5,8-9H2,(H,14,17). The van der Waals surface area contributed by atoms with Crippen molar-refractivity contribution in [3.63, 3.8) is 0 Å². The quantitative estimate of drug-likeness (QED) is 0.815. The zero-order valence-corrected chi connectivity index (χ0v) is 9.93. The highest BCUT2D eigenvalue weighted by atomic mass is 16.3. The van der Waals surface area contributed by atoms with Crippen LogP contribution in [0.25, 0.3) is 0 Å². The van der Waals surface area contributed by atoms with Gasteiger partial charge in [-0.05, 0) is 12.8 Å². The fraction of sp³-hybridized carbons (Fsp3) is 0.667. The van der Waals surface area contributed by atoms with Gasteiger partial charge in [-0.3, -0.25) is 4.79 Å². The molecule has 1 aliphatic rings. The van der Waals surface area contributed by atoms with E-state index in [2.05, 4.69) is 10.3 Å². The Kier molecular flexibility index (Phi) is 4.14. The Bertz CT molecular complexity index is 370. The number of aromatic nitrogens is 2. The first-order chi connectivity index (χ1) is 8.29. The third kappa shape index (κ3) is 3.30. The third-order valence-corrected chi connectivity index (χ3v) is 3.23. The normalized spacial score (nSPS) is 17.0. The first-order valence-electron chi connectivity index (χ1n) is 6.20. The Hall–Kier alpha value is -1.36. The van der Waals surface area contributed by atoms with Crippen LogP contribution in [0, 0.1) is 0 Å².